The number of hydrogen-bond donors (Lipinski definition) is 0. The largest absolute Gasteiger partial charge is 0.462 e. The highest BCUT2D eigenvalue weighted by Gasteiger charge is 2.43. The zero-order valence-corrected chi connectivity index (χ0v) is 21.3. The average molecular weight is 518 g/mol. The fourth-order valence-electron chi connectivity index (χ4n) is 4.80. The van der Waals surface area contributed by atoms with Crippen LogP contribution in [0.15, 0.2) is 66.0 Å². The molecule has 0 bridgehead atoms. The highest BCUT2D eigenvalue weighted by molar-refractivity contribution is 7.12. The lowest BCUT2D eigenvalue weighted by Gasteiger charge is -2.38. The van der Waals surface area contributed by atoms with E-state index >= 15 is 0 Å². The summed E-state index contributed by atoms with van der Waals surface area (Å²) in [5, 5.41) is 1.89. The van der Waals surface area contributed by atoms with Gasteiger partial charge in [0.05, 0.1) is 35.2 Å². The van der Waals surface area contributed by atoms with Gasteiger partial charge in [0.15, 0.2) is 0 Å². The Labute approximate surface area is 219 Å². The molecule has 1 atom stereocenters. The Morgan fingerprint density at radius 3 is 2.16 bits per heavy atom. The van der Waals surface area contributed by atoms with Crippen LogP contribution >= 0.6 is 11.3 Å². The average Bonchev–Trinajstić information content (AvgIpc) is 3.57. The van der Waals surface area contributed by atoms with Crippen molar-refractivity contribution in [3.8, 4) is 0 Å². The number of carbonyl (C=O) groups is 4. The van der Waals surface area contributed by atoms with Gasteiger partial charge in [-0.25, -0.2) is 9.69 Å². The molecule has 2 amide bonds. The van der Waals surface area contributed by atoms with Crippen molar-refractivity contribution in [3.63, 3.8) is 0 Å². The van der Waals surface area contributed by atoms with E-state index in [1.807, 2.05) is 41.8 Å². The number of nitrogens with zero attached hydrogens (tertiary/aromatic N) is 3. The maximum atomic E-state index is 13.2. The standard InChI is InChI=1S/C28H27N3O5S/c1-2-36-28(35)20-7-11-22(12-8-20)31-25(32)18-23(27(31)34)30-15-13-29(14-16-30)21-9-5-19(6-10-21)26(33)24-4-3-17-37-24/h3-12,17,23H,2,13-16,18H2,1H3/t23-/m0/s1. The first-order chi connectivity index (χ1) is 18.0. The van der Waals surface area contributed by atoms with Crippen molar-refractivity contribution in [3.05, 3.63) is 82.0 Å². The molecule has 1 aromatic heterocycles. The first kappa shape index (κ1) is 24.9. The van der Waals surface area contributed by atoms with Gasteiger partial charge < -0.3 is 9.64 Å². The van der Waals surface area contributed by atoms with Crippen LogP contribution in [-0.2, 0) is 14.3 Å². The van der Waals surface area contributed by atoms with Crippen LogP contribution in [0.3, 0.4) is 0 Å². The minimum atomic E-state index is -0.495. The maximum Gasteiger partial charge on any atom is 0.338 e. The van der Waals surface area contributed by atoms with Crippen LogP contribution in [0, 0.1) is 0 Å². The number of ether oxygens (including phenoxy) is 1. The second-order valence-corrected chi connectivity index (χ2v) is 9.88. The molecule has 2 aromatic carbocycles. The fourth-order valence-corrected chi connectivity index (χ4v) is 5.48. The summed E-state index contributed by atoms with van der Waals surface area (Å²) in [5.41, 5.74) is 2.53. The Morgan fingerprint density at radius 2 is 1.54 bits per heavy atom. The van der Waals surface area contributed by atoms with E-state index in [0.29, 0.717) is 43.0 Å². The summed E-state index contributed by atoms with van der Waals surface area (Å²) in [4.78, 5) is 56.7. The van der Waals surface area contributed by atoms with Crippen LogP contribution in [0.4, 0.5) is 11.4 Å². The van der Waals surface area contributed by atoms with Crippen molar-refractivity contribution in [2.24, 2.45) is 0 Å². The molecule has 2 fully saturated rings. The molecular formula is C28H27N3O5S. The summed E-state index contributed by atoms with van der Waals surface area (Å²) in [6.45, 7) is 4.73. The Balaban J connectivity index is 1.19. The number of ketones is 1. The molecule has 190 valence electrons. The summed E-state index contributed by atoms with van der Waals surface area (Å²) >= 11 is 1.43. The molecule has 0 N–H and O–H groups in total. The topological polar surface area (TPSA) is 87.2 Å². The third-order valence-corrected chi connectivity index (χ3v) is 7.62. The zero-order valence-electron chi connectivity index (χ0n) is 20.5. The van der Waals surface area contributed by atoms with Gasteiger partial charge >= 0.3 is 5.97 Å². The number of piperazine rings is 1. The third-order valence-electron chi connectivity index (χ3n) is 6.75. The van der Waals surface area contributed by atoms with Crippen LogP contribution in [0.1, 0.15) is 38.9 Å². The molecule has 0 radical (unpaired) electrons. The van der Waals surface area contributed by atoms with Gasteiger partial charge in [0.2, 0.25) is 11.7 Å². The van der Waals surface area contributed by atoms with Crippen molar-refractivity contribution in [1.29, 1.82) is 0 Å². The van der Waals surface area contributed by atoms with Gasteiger partial charge in [0, 0.05) is 37.4 Å². The lowest BCUT2D eigenvalue weighted by atomic mass is 10.1. The second kappa shape index (κ2) is 10.7. The fraction of sp³-hybridized carbons (Fsp3) is 0.286. The lowest BCUT2D eigenvalue weighted by Crippen LogP contribution is -2.52. The monoisotopic (exact) mass is 517 g/mol. The number of anilines is 2. The Hall–Kier alpha value is -3.82. The Morgan fingerprint density at radius 1 is 0.892 bits per heavy atom. The van der Waals surface area contributed by atoms with Gasteiger partial charge in [-0.2, -0.15) is 0 Å². The van der Waals surface area contributed by atoms with E-state index in [9.17, 15) is 19.2 Å². The molecule has 2 aliphatic rings. The third kappa shape index (κ3) is 5.05. The predicted molar refractivity (Wildman–Crippen MR) is 141 cm³/mol. The van der Waals surface area contributed by atoms with E-state index < -0.39 is 12.0 Å². The molecule has 8 nitrogen and oxygen atoms in total. The zero-order chi connectivity index (χ0) is 25.9. The Bertz CT molecular complexity index is 1300. The number of hydrogen-bond acceptors (Lipinski definition) is 8. The van der Waals surface area contributed by atoms with Crippen LogP contribution < -0.4 is 9.80 Å². The van der Waals surface area contributed by atoms with E-state index in [1.54, 1.807) is 31.2 Å². The van der Waals surface area contributed by atoms with Crippen molar-refractivity contribution in [2.75, 3.05) is 42.6 Å². The smallest absolute Gasteiger partial charge is 0.338 e. The molecule has 0 unspecified atom stereocenters. The molecule has 0 saturated carbocycles. The second-order valence-electron chi connectivity index (χ2n) is 8.93. The van der Waals surface area contributed by atoms with Gasteiger partial charge in [0.1, 0.15) is 0 Å². The van der Waals surface area contributed by atoms with Crippen molar-refractivity contribution >= 4 is 46.3 Å². The highest BCUT2D eigenvalue weighted by atomic mass is 32.1. The molecule has 0 spiro atoms. The molecule has 3 heterocycles. The number of carbonyl (C=O) groups excluding carboxylic acids is 4. The number of imide groups is 1. The Kier molecular flexibility index (Phi) is 7.16. The first-order valence-electron chi connectivity index (χ1n) is 12.3. The van der Waals surface area contributed by atoms with E-state index in [0.717, 1.165) is 10.6 Å². The summed E-state index contributed by atoms with van der Waals surface area (Å²) in [5.74, 6) is -0.894. The number of thiophene rings is 1. The van der Waals surface area contributed by atoms with E-state index in [-0.39, 0.29) is 30.6 Å². The summed E-state index contributed by atoms with van der Waals surface area (Å²) in [6, 6.07) is 17.2. The number of benzene rings is 2. The summed E-state index contributed by atoms with van der Waals surface area (Å²) in [6.07, 6.45) is 0.137. The molecule has 2 saturated heterocycles. The van der Waals surface area contributed by atoms with Crippen LogP contribution in [-0.4, -0.2) is 67.3 Å². The van der Waals surface area contributed by atoms with Crippen LogP contribution in [0.25, 0.3) is 0 Å². The molecule has 37 heavy (non-hydrogen) atoms. The van der Waals surface area contributed by atoms with E-state index in [1.165, 1.54) is 16.2 Å². The molecule has 3 aromatic rings. The number of rotatable bonds is 7. The lowest BCUT2D eigenvalue weighted by molar-refractivity contribution is -0.123. The quantitative estimate of drug-likeness (QED) is 0.269. The molecular weight excluding hydrogens is 490 g/mol. The van der Waals surface area contributed by atoms with Crippen molar-refractivity contribution < 1.29 is 23.9 Å². The molecule has 9 heteroatoms. The van der Waals surface area contributed by atoms with Crippen LogP contribution in [0.5, 0.6) is 0 Å². The van der Waals surface area contributed by atoms with Gasteiger partial charge in [-0.05, 0) is 66.9 Å². The number of esters is 1. The molecule has 5 rings (SSSR count). The summed E-state index contributed by atoms with van der Waals surface area (Å²) in [7, 11) is 0. The van der Waals surface area contributed by atoms with Gasteiger partial charge in [-0.1, -0.05) is 6.07 Å². The summed E-state index contributed by atoms with van der Waals surface area (Å²) < 4.78 is 4.99. The first-order valence-corrected chi connectivity index (χ1v) is 13.2. The minimum Gasteiger partial charge on any atom is -0.462 e. The van der Waals surface area contributed by atoms with E-state index in [2.05, 4.69) is 9.80 Å². The van der Waals surface area contributed by atoms with Gasteiger partial charge in [-0.3, -0.25) is 19.3 Å². The SMILES string of the molecule is CCOC(=O)c1ccc(N2C(=O)C[C@H](N3CCN(c4ccc(C(=O)c5cccs5)cc4)CC3)C2=O)cc1. The van der Waals surface area contributed by atoms with E-state index in [4.69, 9.17) is 4.74 Å². The minimum absolute atomic E-state index is 0.0240. The van der Waals surface area contributed by atoms with Gasteiger partial charge in [-0.15, -0.1) is 11.3 Å². The molecule has 2 aliphatic heterocycles. The maximum absolute atomic E-state index is 13.2. The highest BCUT2D eigenvalue weighted by Crippen LogP contribution is 2.28. The molecule has 0 aliphatic carbocycles. The number of amides is 2. The van der Waals surface area contributed by atoms with Crippen molar-refractivity contribution in [2.45, 2.75) is 19.4 Å². The van der Waals surface area contributed by atoms with Gasteiger partial charge in [0.25, 0.3) is 5.91 Å². The van der Waals surface area contributed by atoms with Crippen molar-refractivity contribution in [1.82, 2.24) is 4.90 Å². The normalized spacial score (nSPS) is 18.4. The van der Waals surface area contributed by atoms with Crippen LogP contribution in [0.2, 0.25) is 0 Å². The predicted octanol–water partition coefficient (Wildman–Crippen LogP) is 3.61.